The summed E-state index contributed by atoms with van der Waals surface area (Å²) in [7, 11) is -3.93. The Kier molecular flexibility index (Phi) is 6.72. The van der Waals surface area contributed by atoms with Crippen molar-refractivity contribution >= 4 is 27.8 Å². The highest BCUT2D eigenvalue weighted by Gasteiger charge is 2.30. The van der Waals surface area contributed by atoms with E-state index in [2.05, 4.69) is 4.72 Å². The smallest absolute Gasteiger partial charge is 0.340 e. The van der Waals surface area contributed by atoms with Gasteiger partial charge in [0.05, 0.1) is 0 Å². The van der Waals surface area contributed by atoms with Gasteiger partial charge in [-0.2, -0.15) is 11.8 Å². The molecule has 0 unspecified atom stereocenters. The lowest BCUT2D eigenvalue weighted by Crippen LogP contribution is -2.27. The molecule has 0 aromatic carbocycles. The highest BCUT2D eigenvalue weighted by atomic mass is 32.2. The van der Waals surface area contributed by atoms with Crippen LogP contribution in [0.3, 0.4) is 0 Å². The Morgan fingerprint density at radius 1 is 1.29 bits per heavy atom. The first-order valence-corrected chi connectivity index (χ1v) is 8.96. The van der Waals surface area contributed by atoms with Crippen LogP contribution >= 0.6 is 11.8 Å². The van der Waals surface area contributed by atoms with Gasteiger partial charge < -0.3 is 14.6 Å². The number of aliphatic hydroxyl groups excluding tert-OH is 1. The Hall–Kier alpha value is -1.03. The third-order valence-corrected chi connectivity index (χ3v) is 5.36. The first-order chi connectivity index (χ1) is 9.81. The van der Waals surface area contributed by atoms with Crippen molar-refractivity contribution in [1.29, 1.82) is 0 Å². The predicted octanol–water partition coefficient (Wildman–Crippen LogP) is 0.989. The molecule has 120 valence electrons. The molecule has 0 aliphatic heterocycles. The molecule has 1 heterocycles. The number of hydrogen-bond acceptors (Lipinski definition) is 6. The van der Waals surface area contributed by atoms with Crippen molar-refractivity contribution in [3.8, 4) is 0 Å². The number of sulfonamides is 1. The van der Waals surface area contributed by atoms with Crippen molar-refractivity contribution in [1.82, 2.24) is 4.72 Å². The van der Waals surface area contributed by atoms with Crippen LogP contribution in [-0.4, -0.2) is 49.3 Å². The van der Waals surface area contributed by atoms with Gasteiger partial charge in [0.15, 0.2) is 0 Å². The topological polar surface area (TPSA) is 117 Å². The Morgan fingerprint density at radius 2 is 1.95 bits per heavy atom. The molecule has 0 atom stereocenters. The van der Waals surface area contributed by atoms with Gasteiger partial charge in [-0.1, -0.05) is 0 Å². The van der Waals surface area contributed by atoms with E-state index in [1.54, 1.807) is 0 Å². The number of aliphatic hydroxyl groups is 1. The number of aromatic carboxylic acids is 1. The van der Waals surface area contributed by atoms with Gasteiger partial charge in [0.25, 0.3) is 0 Å². The minimum Gasteiger partial charge on any atom is -0.478 e. The monoisotopic (exact) mass is 337 g/mol. The lowest BCUT2D eigenvalue weighted by molar-refractivity contribution is 0.0691. The minimum absolute atomic E-state index is 0.0605. The molecule has 0 aliphatic carbocycles. The molecule has 21 heavy (non-hydrogen) atoms. The largest absolute Gasteiger partial charge is 0.478 e. The van der Waals surface area contributed by atoms with Gasteiger partial charge in [-0.15, -0.1) is 0 Å². The third kappa shape index (κ3) is 4.73. The summed E-state index contributed by atoms with van der Waals surface area (Å²) in [6.07, 6.45) is 0.653. The molecule has 1 rings (SSSR count). The fraction of sp³-hybridized carbons (Fsp3) is 0.583. The first-order valence-electron chi connectivity index (χ1n) is 6.32. The number of thioether (sulfide) groups is 1. The van der Waals surface area contributed by atoms with Crippen LogP contribution in [0.5, 0.6) is 0 Å². The summed E-state index contributed by atoms with van der Waals surface area (Å²) in [5, 5.41) is 17.7. The molecule has 0 saturated heterocycles. The van der Waals surface area contributed by atoms with Crippen molar-refractivity contribution in [3.05, 3.63) is 17.1 Å². The molecule has 0 saturated carbocycles. The van der Waals surface area contributed by atoms with E-state index in [9.17, 15) is 13.2 Å². The zero-order valence-corrected chi connectivity index (χ0v) is 13.5. The molecule has 1 aromatic rings. The third-order valence-electron chi connectivity index (χ3n) is 2.67. The zero-order chi connectivity index (χ0) is 16.0. The molecule has 0 radical (unpaired) electrons. The van der Waals surface area contributed by atoms with Gasteiger partial charge in [-0.25, -0.2) is 17.9 Å². The Morgan fingerprint density at radius 3 is 2.52 bits per heavy atom. The van der Waals surface area contributed by atoms with E-state index in [1.165, 1.54) is 25.6 Å². The van der Waals surface area contributed by atoms with Gasteiger partial charge in [0, 0.05) is 18.9 Å². The van der Waals surface area contributed by atoms with Crippen molar-refractivity contribution in [2.24, 2.45) is 0 Å². The molecule has 0 bridgehead atoms. The van der Waals surface area contributed by atoms with Gasteiger partial charge in [0.2, 0.25) is 10.0 Å². The fourth-order valence-corrected chi connectivity index (χ4v) is 4.17. The molecular formula is C12H19NO6S2. The van der Waals surface area contributed by atoms with Crippen LogP contribution < -0.4 is 4.72 Å². The second-order valence-electron chi connectivity index (χ2n) is 4.31. The predicted molar refractivity (Wildman–Crippen MR) is 79.4 cm³/mol. The van der Waals surface area contributed by atoms with Crippen LogP contribution in [0.25, 0.3) is 0 Å². The highest BCUT2D eigenvalue weighted by Crippen LogP contribution is 2.26. The summed E-state index contributed by atoms with van der Waals surface area (Å²) in [5.41, 5.74) is -0.326. The number of nitrogens with one attached hydrogen (secondary N) is 1. The lowest BCUT2D eigenvalue weighted by atomic mass is 10.2. The molecule has 7 nitrogen and oxygen atoms in total. The van der Waals surface area contributed by atoms with Crippen molar-refractivity contribution < 1.29 is 27.8 Å². The Balaban J connectivity index is 2.77. The van der Waals surface area contributed by atoms with E-state index >= 15 is 0 Å². The highest BCUT2D eigenvalue weighted by molar-refractivity contribution is 7.99. The number of rotatable bonds is 9. The molecule has 9 heteroatoms. The van der Waals surface area contributed by atoms with Crippen LogP contribution in [0, 0.1) is 13.8 Å². The van der Waals surface area contributed by atoms with Gasteiger partial charge in [0.1, 0.15) is 22.0 Å². The van der Waals surface area contributed by atoms with Crippen LogP contribution in [0.2, 0.25) is 0 Å². The van der Waals surface area contributed by atoms with E-state index < -0.39 is 16.0 Å². The number of aryl methyl sites for hydroxylation is 2. The summed E-state index contributed by atoms with van der Waals surface area (Å²) < 4.78 is 31.9. The lowest BCUT2D eigenvalue weighted by Gasteiger charge is -2.06. The number of carboxylic acids is 1. The second kappa shape index (κ2) is 7.83. The summed E-state index contributed by atoms with van der Waals surface area (Å²) in [6, 6.07) is 0. The maximum Gasteiger partial charge on any atom is 0.340 e. The Bertz CT molecular complexity index is 593. The van der Waals surface area contributed by atoms with E-state index in [-0.39, 0.29) is 35.1 Å². The number of hydrogen-bond donors (Lipinski definition) is 3. The van der Waals surface area contributed by atoms with E-state index in [0.29, 0.717) is 12.2 Å². The summed E-state index contributed by atoms with van der Waals surface area (Å²) >= 11 is 1.51. The SMILES string of the molecule is Cc1oc(C)c(S(=O)(=O)NCCSCCCO)c1C(=O)O. The maximum atomic E-state index is 12.2. The van der Waals surface area contributed by atoms with Crippen LogP contribution in [0.15, 0.2) is 9.31 Å². The van der Waals surface area contributed by atoms with Crippen molar-refractivity contribution in [2.75, 3.05) is 24.7 Å². The summed E-state index contributed by atoms with van der Waals surface area (Å²) in [6.45, 7) is 3.12. The van der Waals surface area contributed by atoms with Crippen LogP contribution in [0.1, 0.15) is 28.3 Å². The average molecular weight is 337 g/mol. The Labute approximate surface area is 127 Å². The second-order valence-corrected chi connectivity index (χ2v) is 7.24. The van der Waals surface area contributed by atoms with E-state index in [1.807, 2.05) is 0 Å². The summed E-state index contributed by atoms with van der Waals surface area (Å²) in [4.78, 5) is 10.9. The molecular weight excluding hydrogens is 318 g/mol. The van der Waals surface area contributed by atoms with Gasteiger partial charge in [-0.05, 0) is 26.0 Å². The summed E-state index contributed by atoms with van der Waals surface area (Å²) in [5.74, 6) is 0.0741. The quantitative estimate of drug-likeness (QED) is 0.575. The number of carbonyl (C=O) groups is 1. The van der Waals surface area contributed by atoms with E-state index in [0.717, 1.165) is 5.75 Å². The van der Waals surface area contributed by atoms with Crippen molar-refractivity contribution in [3.63, 3.8) is 0 Å². The molecule has 0 spiro atoms. The minimum atomic E-state index is -3.93. The normalized spacial score (nSPS) is 11.8. The first kappa shape index (κ1) is 18.0. The number of carboxylic acid groups (broad SMARTS) is 1. The fourth-order valence-electron chi connectivity index (χ4n) is 1.82. The molecule has 1 aromatic heterocycles. The zero-order valence-electron chi connectivity index (χ0n) is 11.9. The average Bonchev–Trinajstić information content (AvgIpc) is 2.69. The maximum absolute atomic E-state index is 12.2. The standard InChI is InChI=1S/C12H19NO6S2/c1-8-10(12(15)16)11(9(2)19-8)21(17,18)13-4-7-20-6-3-5-14/h13-14H,3-7H2,1-2H3,(H,15,16). The molecule has 3 N–H and O–H groups in total. The number of furan rings is 1. The molecule has 0 amide bonds. The van der Waals surface area contributed by atoms with Gasteiger partial charge in [-0.3, -0.25) is 0 Å². The van der Waals surface area contributed by atoms with Crippen LogP contribution in [0.4, 0.5) is 0 Å². The molecule has 0 aliphatic rings. The van der Waals surface area contributed by atoms with Gasteiger partial charge >= 0.3 is 5.97 Å². The molecule has 0 fully saturated rings. The van der Waals surface area contributed by atoms with Crippen LogP contribution in [-0.2, 0) is 10.0 Å². The van der Waals surface area contributed by atoms with E-state index in [4.69, 9.17) is 14.6 Å². The van der Waals surface area contributed by atoms with Crippen molar-refractivity contribution in [2.45, 2.75) is 25.2 Å².